The summed E-state index contributed by atoms with van der Waals surface area (Å²) in [6, 6.07) is 9.06. The molecule has 2 atom stereocenters. The molecule has 80 valence electrons. The van der Waals surface area contributed by atoms with Gasteiger partial charge in [0.05, 0.1) is 0 Å². The lowest BCUT2D eigenvalue weighted by atomic mass is 9.87. The molecule has 1 aromatic carbocycles. The van der Waals surface area contributed by atoms with Crippen molar-refractivity contribution >= 4 is 0 Å². The van der Waals surface area contributed by atoms with Gasteiger partial charge in [-0.1, -0.05) is 29.8 Å². The summed E-state index contributed by atoms with van der Waals surface area (Å²) in [6.07, 6.45) is 4.17. The van der Waals surface area contributed by atoms with Gasteiger partial charge in [-0.25, -0.2) is 0 Å². The molecule has 2 N–H and O–H groups in total. The van der Waals surface area contributed by atoms with E-state index in [0.717, 1.165) is 18.4 Å². The first kappa shape index (κ1) is 9.41. The zero-order chi connectivity index (χ0) is 10.5. The van der Waals surface area contributed by atoms with Gasteiger partial charge in [0, 0.05) is 5.41 Å². The summed E-state index contributed by atoms with van der Waals surface area (Å²) in [6.45, 7) is 3.05. The van der Waals surface area contributed by atoms with Crippen LogP contribution in [0.25, 0.3) is 0 Å². The summed E-state index contributed by atoms with van der Waals surface area (Å²) in [5.74, 6) is 1.69. The molecule has 3 rings (SSSR count). The maximum atomic E-state index is 5.85. The molecule has 0 aliphatic heterocycles. The van der Waals surface area contributed by atoms with Crippen LogP contribution in [0.15, 0.2) is 24.3 Å². The van der Waals surface area contributed by atoms with Crippen molar-refractivity contribution in [2.24, 2.45) is 17.6 Å². The maximum absolute atomic E-state index is 5.85. The van der Waals surface area contributed by atoms with E-state index >= 15 is 0 Å². The third-order valence-electron chi connectivity index (χ3n) is 4.30. The topological polar surface area (TPSA) is 26.0 Å². The van der Waals surface area contributed by atoms with E-state index in [1.165, 1.54) is 24.8 Å². The number of aryl methyl sites for hydroxylation is 1. The highest BCUT2D eigenvalue weighted by atomic mass is 14.7. The van der Waals surface area contributed by atoms with E-state index in [1.54, 1.807) is 5.56 Å². The number of hydrogen-bond acceptors (Lipinski definition) is 1. The summed E-state index contributed by atoms with van der Waals surface area (Å²) in [5, 5.41) is 0. The fourth-order valence-electron chi connectivity index (χ4n) is 3.26. The van der Waals surface area contributed by atoms with Gasteiger partial charge in [0.1, 0.15) is 0 Å². The van der Waals surface area contributed by atoms with Crippen molar-refractivity contribution in [2.45, 2.75) is 31.6 Å². The van der Waals surface area contributed by atoms with E-state index in [0.29, 0.717) is 5.41 Å². The summed E-state index contributed by atoms with van der Waals surface area (Å²) in [5.41, 5.74) is 9.28. The van der Waals surface area contributed by atoms with Gasteiger partial charge >= 0.3 is 0 Å². The Morgan fingerprint density at radius 1 is 1.40 bits per heavy atom. The number of benzene rings is 1. The molecule has 0 amide bonds. The Morgan fingerprint density at radius 2 is 2.20 bits per heavy atom. The van der Waals surface area contributed by atoms with E-state index in [4.69, 9.17) is 5.73 Å². The summed E-state index contributed by atoms with van der Waals surface area (Å²) < 4.78 is 0. The van der Waals surface area contributed by atoms with Gasteiger partial charge in [-0.15, -0.1) is 0 Å². The first-order chi connectivity index (χ1) is 7.27. The van der Waals surface area contributed by atoms with Crippen LogP contribution < -0.4 is 5.73 Å². The summed E-state index contributed by atoms with van der Waals surface area (Å²) in [4.78, 5) is 0. The van der Waals surface area contributed by atoms with Gasteiger partial charge < -0.3 is 5.73 Å². The van der Waals surface area contributed by atoms with Crippen LogP contribution in [0, 0.1) is 18.8 Å². The van der Waals surface area contributed by atoms with Crippen molar-refractivity contribution in [3.05, 3.63) is 35.4 Å². The lowest BCUT2D eigenvalue weighted by molar-refractivity contribution is 0.535. The Hall–Kier alpha value is -0.820. The molecular formula is C14H19N. The van der Waals surface area contributed by atoms with E-state index in [-0.39, 0.29) is 0 Å². The highest BCUT2D eigenvalue weighted by molar-refractivity contribution is 5.39. The molecule has 2 saturated carbocycles. The largest absolute Gasteiger partial charge is 0.330 e. The second-order valence-corrected chi connectivity index (χ2v) is 5.32. The van der Waals surface area contributed by atoms with E-state index in [1.807, 2.05) is 0 Å². The fourth-order valence-corrected chi connectivity index (χ4v) is 3.26. The normalized spacial score (nSPS) is 34.1. The molecule has 0 bridgehead atoms. The quantitative estimate of drug-likeness (QED) is 0.799. The fraction of sp³-hybridized carbons (Fsp3) is 0.571. The van der Waals surface area contributed by atoms with Crippen molar-refractivity contribution in [3.63, 3.8) is 0 Å². The van der Waals surface area contributed by atoms with E-state index < -0.39 is 0 Å². The minimum absolute atomic E-state index is 0.487. The summed E-state index contributed by atoms with van der Waals surface area (Å²) >= 11 is 0. The molecule has 15 heavy (non-hydrogen) atoms. The highest BCUT2D eigenvalue weighted by Crippen LogP contribution is 2.65. The zero-order valence-corrected chi connectivity index (χ0v) is 9.37. The van der Waals surface area contributed by atoms with Gasteiger partial charge in [-0.2, -0.15) is 0 Å². The molecule has 1 unspecified atom stereocenters. The predicted molar refractivity (Wildman–Crippen MR) is 62.7 cm³/mol. The second kappa shape index (κ2) is 3.08. The molecule has 0 saturated heterocycles. The summed E-state index contributed by atoms with van der Waals surface area (Å²) in [7, 11) is 0. The molecule has 0 heterocycles. The molecule has 0 radical (unpaired) electrons. The standard InChI is InChI=1S/C14H19N/c1-10-3-2-4-12(7-10)14(11-5-6-11)8-13(14)9-15/h2-4,7,11,13H,5-6,8-9,15H2,1H3/t13-,14?/m0/s1. The zero-order valence-electron chi connectivity index (χ0n) is 9.37. The number of hydrogen-bond donors (Lipinski definition) is 1. The maximum Gasteiger partial charge on any atom is 0.00253 e. The van der Waals surface area contributed by atoms with E-state index in [2.05, 4.69) is 31.2 Å². The van der Waals surface area contributed by atoms with Gasteiger partial charge in [0.2, 0.25) is 0 Å². The molecule has 1 heteroatoms. The van der Waals surface area contributed by atoms with Crippen LogP contribution >= 0.6 is 0 Å². The van der Waals surface area contributed by atoms with Crippen molar-refractivity contribution in [1.29, 1.82) is 0 Å². The first-order valence-electron chi connectivity index (χ1n) is 6.04. The molecular weight excluding hydrogens is 182 g/mol. The van der Waals surface area contributed by atoms with Crippen LogP contribution in [0.3, 0.4) is 0 Å². The monoisotopic (exact) mass is 201 g/mol. The van der Waals surface area contributed by atoms with Gasteiger partial charge in [0.25, 0.3) is 0 Å². The van der Waals surface area contributed by atoms with Crippen LogP contribution in [-0.2, 0) is 5.41 Å². The third-order valence-corrected chi connectivity index (χ3v) is 4.30. The first-order valence-corrected chi connectivity index (χ1v) is 6.04. The molecule has 2 aliphatic carbocycles. The highest BCUT2D eigenvalue weighted by Gasteiger charge is 2.61. The second-order valence-electron chi connectivity index (χ2n) is 5.32. The lowest BCUT2D eigenvalue weighted by Crippen LogP contribution is -2.17. The third kappa shape index (κ3) is 1.33. The minimum atomic E-state index is 0.487. The Morgan fingerprint density at radius 3 is 2.73 bits per heavy atom. The van der Waals surface area contributed by atoms with E-state index in [9.17, 15) is 0 Å². The van der Waals surface area contributed by atoms with Crippen molar-refractivity contribution in [3.8, 4) is 0 Å². The number of rotatable bonds is 3. The van der Waals surface area contributed by atoms with Crippen molar-refractivity contribution in [1.82, 2.24) is 0 Å². The Balaban J connectivity index is 1.97. The van der Waals surface area contributed by atoms with Crippen LogP contribution in [0.5, 0.6) is 0 Å². The SMILES string of the molecule is Cc1cccc(C2(C3CC3)C[C@H]2CN)c1. The van der Waals surface area contributed by atoms with Crippen molar-refractivity contribution in [2.75, 3.05) is 6.54 Å². The molecule has 1 aromatic rings. The predicted octanol–water partition coefficient (Wildman–Crippen LogP) is 2.62. The molecule has 1 nitrogen and oxygen atoms in total. The average molecular weight is 201 g/mol. The minimum Gasteiger partial charge on any atom is -0.330 e. The van der Waals surface area contributed by atoms with Crippen LogP contribution in [0.1, 0.15) is 30.4 Å². The Bertz CT molecular complexity index is 381. The van der Waals surface area contributed by atoms with Crippen LogP contribution in [0.4, 0.5) is 0 Å². The van der Waals surface area contributed by atoms with Crippen LogP contribution in [-0.4, -0.2) is 6.54 Å². The Labute approximate surface area is 91.7 Å². The van der Waals surface area contributed by atoms with Gasteiger partial charge in [-0.05, 0) is 50.1 Å². The van der Waals surface area contributed by atoms with Gasteiger partial charge in [-0.3, -0.25) is 0 Å². The molecule has 2 aliphatic rings. The lowest BCUT2D eigenvalue weighted by Gasteiger charge is -2.17. The molecule has 0 spiro atoms. The average Bonchev–Trinajstić information content (AvgIpc) is 3.11. The Kier molecular flexibility index (Phi) is 1.93. The van der Waals surface area contributed by atoms with Crippen molar-refractivity contribution < 1.29 is 0 Å². The molecule has 2 fully saturated rings. The number of nitrogens with two attached hydrogens (primary N) is 1. The van der Waals surface area contributed by atoms with Gasteiger partial charge in [0.15, 0.2) is 0 Å². The van der Waals surface area contributed by atoms with Crippen LogP contribution in [0.2, 0.25) is 0 Å². The smallest absolute Gasteiger partial charge is 0.00253 e. The molecule has 0 aromatic heterocycles.